The summed E-state index contributed by atoms with van der Waals surface area (Å²) in [5.41, 5.74) is 5.02. The minimum absolute atomic E-state index is 0.823. The first-order valence-electron chi connectivity index (χ1n) is 6.13. The van der Waals surface area contributed by atoms with Crippen LogP contribution in [0.5, 0.6) is 0 Å². The number of aryl methyl sites for hydroxylation is 1. The molecule has 0 spiro atoms. The highest BCUT2D eigenvalue weighted by Crippen LogP contribution is 2.21. The van der Waals surface area contributed by atoms with Crippen molar-refractivity contribution in [1.29, 1.82) is 0 Å². The van der Waals surface area contributed by atoms with E-state index >= 15 is 0 Å². The second-order valence-corrected chi connectivity index (χ2v) is 5.09. The van der Waals surface area contributed by atoms with Crippen LogP contribution in [-0.4, -0.2) is 9.55 Å². The molecule has 2 heterocycles. The predicted molar refractivity (Wildman–Crippen MR) is 78.8 cm³/mol. The first kappa shape index (κ1) is 13.1. The third kappa shape index (κ3) is 2.58. The van der Waals surface area contributed by atoms with Crippen molar-refractivity contribution in [2.45, 2.75) is 33.9 Å². The molecule has 2 aromatic rings. The highest BCUT2D eigenvalue weighted by Gasteiger charge is 2.08. The van der Waals surface area contributed by atoms with Gasteiger partial charge >= 0.3 is 0 Å². The van der Waals surface area contributed by atoms with Crippen LogP contribution in [-0.2, 0) is 13.1 Å². The van der Waals surface area contributed by atoms with Gasteiger partial charge in [0.25, 0.3) is 0 Å². The number of hydrogen-bond acceptors (Lipinski definition) is 2. The molecule has 2 rings (SSSR count). The second-order valence-electron chi connectivity index (χ2n) is 4.34. The molecule has 0 saturated carbocycles. The normalized spacial score (nSPS) is 10.7. The van der Waals surface area contributed by atoms with Gasteiger partial charge in [0.1, 0.15) is 4.60 Å². The molecule has 1 N–H and O–H groups in total. The number of halogens is 1. The van der Waals surface area contributed by atoms with Gasteiger partial charge < -0.3 is 9.88 Å². The van der Waals surface area contributed by atoms with E-state index < -0.39 is 0 Å². The summed E-state index contributed by atoms with van der Waals surface area (Å²) in [6, 6.07) is 6.20. The lowest BCUT2D eigenvalue weighted by molar-refractivity contribution is 0.715. The number of nitrogens with zero attached hydrogens (tertiary/aromatic N) is 2. The van der Waals surface area contributed by atoms with Crippen molar-refractivity contribution in [2.24, 2.45) is 0 Å². The SMILES string of the molecule is CCn1c(C)cc(CNc2cccnc2Br)c1C. The molecule has 0 aromatic carbocycles. The molecule has 0 radical (unpaired) electrons. The van der Waals surface area contributed by atoms with Gasteiger partial charge in [-0.25, -0.2) is 4.98 Å². The minimum Gasteiger partial charge on any atom is -0.379 e. The summed E-state index contributed by atoms with van der Waals surface area (Å²) >= 11 is 3.44. The molecule has 96 valence electrons. The van der Waals surface area contributed by atoms with Crippen molar-refractivity contribution in [1.82, 2.24) is 9.55 Å². The van der Waals surface area contributed by atoms with Crippen LogP contribution >= 0.6 is 15.9 Å². The van der Waals surface area contributed by atoms with Crippen LogP contribution in [0.3, 0.4) is 0 Å². The maximum atomic E-state index is 4.20. The molecule has 0 aliphatic carbocycles. The van der Waals surface area contributed by atoms with Crippen LogP contribution in [0, 0.1) is 13.8 Å². The quantitative estimate of drug-likeness (QED) is 0.868. The van der Waals surface area contributed by atoms with Crippen LogP contribution in [0.2, 0.25) is 0 Å². The Kier molecular flexibility index (Phi) is 4.07. The molecule has 18 heavy (non-hydrogen) atoms. The number of anilines is 1. The summed E-state index contributed by atoms with van der Waals surface area (Å²) in [6.45, 7) is 8.35. The average Bonchev–Trinajstić information content (AvgIpc) is 2.63. The number of rotatable bonds is 4. The maximum absolute atomic E-state index is 4.20. The zero-order chi connectivity index (χ0) is 13.1. The van der Waals surface area contributed by atoms with Crippen molar-refractivity contribution in [3.8, 4) is 0 Å². The van der Waals surface area contributed by atoms with E-state index in [4.69, 9.17) is 0 Å². The lowest BCUT2D eigenvalue weighted by Gasteiger charge is -2.09. The number of aromatic nitrogens is 2. The molecule has 0 aliphatic rings. The zero-order valence-electron chi connectivity index (χ0n) is 11.0. The Morgan fingerprint density at radius 2 is 2.17 bits per heavy atom. The maximum Gasteiger partial charge on any atom is 0.129 e. The highest BCUT2D eigenvalue weighted by atomic mass is 79.9. The fraction of sp³-hybridized carbons (Fsp3) is 0.357. The largest absolute Gasteiger partial charge is 0.379 e. The zero-order valence-corrected chi connectivity index (χ0v) is 12.6. The molecule has 0 fully saturated rings. The Labute approximate surface area is 116 Å². The molecule has 2 aromatic heterocycles. The molecule has 0 saturated heterocycles. The van der Waals surface area contributed by atoms with Crippen LogP contribution < -0.4 is 5.32 Å². The van der Waals surface area contributed by atoms with E-state index in [0.29, 0.717) is 0 Å². The van der Waals surface area contributed by atoms with Crippen LogP contribution in [0.1, 0.15) is 23.9 Å². The third-order valence-electron chi connectivity index (χ3n) is 3.22. The van der Waals surface area contributed by atoms with E-state index in [1.54, 1.807) is 6.20 Å². The topological polar surface area (TPSA) is 29.9 Å². The second kappa shape index (κ2) is 5.57. The summed E-state index contributed by atoms with van der Waals surface area (Å²) in [6.07, 6.45) is 1.78. The molecule has 4 heteroatoms. The predicted octanol–water partition coefficient (Wildman–Crippen LogP) is 3.89. The summed E-state index contributed by atoms with van der Waals surface area (Å²) in [5.74, 6) is 0. The number of nitrogens with one attached hydrogen (secondary N) is 1. The lowest BCUT2D eigenvalue weighted by atomic mass is 10.2. The molecule has 0 atom stereocenters. The first-order valence-corrected chi connectivity index (χ1v) is 6.92. The highest BCUT2D eigenvalue weighted by molar-refractivity contribution is 9.10. The van der Waals surface area contributed by atoms with E-state index in [1.165, 1.54) is 17.0 Å². The molecule has 0 unspecified atom stereocenters. The van der Waals surface area contributed by atoms with Gasteiger partial charge in [0.05, 0.1) is 5.69 Å². The number of pyridine rings is 1. The lowest BCUT2D eigenvalue weighted by Crippen LogP contribution is -2.03. The molecular formula is C14H18BrN3. The van der Waals surface area contributed by atoms with Crippen molar-refractivity contribution in [2.75, 3.05) is 5.32 Å². The van der Waals surface area contributed by atoms with E-state index in [9.17, 15) is 0 Å². The standard InChI is InChI=1S/C14H18BrN3/c1-4-18-10(2)8-12(11(18)3)9-17-13-6-5-7-16-14(13)15/h5-8,17H,4,9H2,1-3H3. The van der Waals surface area contributed by atoms with Gasteiger partial charge in [0, 0.05) is 30.7 Å². The van der Waals surface area contributed by atoms with E-state index in [2.05, 4.69) is 57.6 Å². The molecule has 0 amide bonds. The monoisotopic (exact) mass is 307 g/mol. The van der Waals surface area contributed by atoms with Crippen molar-refractivity contribution < 1.29 is 0 Å². The molecule has 3 nitrogen and oxygen atoms in total. The summed E-state index contributed by atoms with van der Waals surface area (Å²) in [5, 5.41) is 3.41. The van der Waals surface area contributed by atoms with Crippen LogP contribution in [0.4, 0.5) is 5.69 Å². The molecule has 0 bridgehead atoms. The smallest absolute Gasteiger partial charge is 0.129 e. The van der Waals surface area contributed by atoms with Crippen LogP contribution in [0.25, 0.3) is 0 Å². The Hall–Kier alpha value is -1.29. The van der Waals surface area contributed by atoms with Crippen molar-refractivity contribution in [3.63, 3.8) is 0 Å². The molecule has 0 aliphatic heterocycles. The summed E-state index contributed by atoms with van der Waals surface area (Å²) in [7, 11) is 0. The Bertz CT molecular complexity index is 546. The van der Waals surface area contributed by atoms with Crippen molar-refractivity contribution >= 4 is 21.6 Å². The first-order chi connectivity index (χ1) is 8.63. The van der Waals surface area contributed by atoms with Gasteiger partial charge in [-0.15, -0.1) is 0 Å². The molecular weight excluding hydrogens is 290 g/mol. The van der Waals surface area contributed by atoms with E-state index in [1.807, 2.05) is 12.1 Å². The third-order valence-corrected chi connectivity index (χ3v) is 3.85. The Morgan fingerprint density at radius 3 is 2.78 bits per heavy atom. The fourth-order valence-corrected chi connectivity index (χ4v) is 2.64. The van der Waals surface area contributed by atoms with E-state index in [0.717, 1.165) is 23.4 Å². The minimum atomic E-state index is 0.823. The van der Waals surface area contributed by atoms with Gasteiger partial charge in [-0.1, -0.05) is 0 Å². The van der Waals surface area contributed by atoms with Gasteiger partial charge in [-0.3, -0.25) is 0 Å². The Balaban J connectivity index is 2.14. The van der Waals surface area contributed by atoms with Gasteiger partial charge in [0.2, 0.25) is 0 Å². The summed E-state index contributed by atoms with van der Waals surface area (Å²) < 4.78 is 3.18. The number of hydrogen-bond donors (Lipinski definition) is 1. The van der Waals surface area contributed by atoms with Crippen LogP contribution in [0.15, 0.2) is 29.0 Å². The fourth-order valence-electron chi connectivity index (χ4n) is 2.25. The summed E-state index contributed by atoms with van der Waals surface area (Å²) in [4.78, 5) is 4.20. The average molecular weight is 308 g/mol. The van der Waals surface area contributed by atoms with Gasteiger partial charge in [-0.2, -0.15) is 0 Å². The van der Waals surface area contributed by atoms with E-state index in [-0.39, 0.29) is 0 Å². The van der Waals surface area contributed by atoms with Crippen molar-refractivity contribution in [3.05, 3.63) is 46.0 Å². The van der Waals surface area contributed by atoms with Gasteiger partial charge in [0.15, 0.2) is 0 Å². The Morgan fingerprint density at radius 1 is 1.39 bits per heavy atom. The van der Waals surface area contributed by atoms with Gasteiger partial charge in [-0.05, 0) is 60.5 Å².